The van der Waals surface area contributed by atoms with Crippen LogP contribution in [0.1, 0.15) is 5.56 Å². The number of ether oxygens (including phenoxy) is 1. The molecule has 0 unspecified atom stereocenters. The van der Waals surface area contributed by atoms with Gasteiger partial charge in [0.25, 0.3) is 0 Å². The summed E-state index contributed by atoms with van der Waals surface area (Å²) in [4.78, 5) is 0. The Morgan fingerprint density at radius 1 is 1.45 bits per heavy atom. The number of halogens is 2. The largest absolute Gasteiger partial charge is 0.495 e. The van der Waals surface area contributed by atoms with E-state index in [-0.39, 0.29) is 0 Å². The molecule has 60 valence electrons. The molecule has 0 radical (unpaired) electrons. The van der Waals surface area contributed by atoms with E-state index in [9.17, 15) is 0 Å². The molecule has 0 aliphatic heterocycles. The molecule has 1 aromatic rings. The fourth-order valence-electron chi connectivity index (χ4n) is 0.841. The van der Waals surface area contributed by atoms with Crippen LogP contribution in [-0.4, -0.2) is 7.11 Å². The first kappa shape index (κ1) is 9.13. The molecule has 0 bridgehead atoms. The monoisotopic (exact) mass is 282 g/mol. The molecule has 0 fully saturated rings. The van der Waals surface area contributed by atoms with Crippen molar-refractivity contribution in [3.05, 3.63) is 26.3 Å². The van der Waals surface area contributed by atoms with Gasteiger partial charge in [-0.15, -0.1) is 0 Å². The van der Waals surface area contributed by atoms with Crippen LogP contribution >= 0.6 is 34.2 Å². The normalized spacial score (nSPS) is 9.82. The van der Waals surface area contributed by atoms with E-state index in [0.29, 0.717) is 5.02 Å². The van der Waals surface area contributed by atoms with E-state index in [0.717, 1.165) is 14.9 Å². The summed E-state index contributed by atoms with van der Waals surface area (Å²) in [5.41, 5.74) is 1.16. The maximum Gasteiger partial charge on any atom is 0.138 e. The lowest BCUT2D eigenvalue weighted by molar-refractivity contribution is 0.414. The summed E-state index contributed by atoms with van der Waals surface area (Å²) in [7, 11) is 1.62. The second-order valence-corrected chi connectivity index (χ2v) is 3.80. The highest BCUT2D eigenvalue weighted by molar-refractivity contribution is 14.1. The molecule has 0 N–H and O–H groups in total. The van der Waals surface area contributed by atoms with Crippen molar-refractivity contribution < 1.29 is 4.74 Å². The summed E-state index contributed by atoms with van der Waals surface area (Å²) in [5, 5.41) is 0.693. The van der Waals surface area contributed by atoms with Crippen molar-refractivity contribution in [3.63, 3.8) is 0 Å². The standard InChI is InChI=1S/C8H8ClIO/c1-5-3-6(10)8(9)7(4-5)11-2/h3-4H,1-2H3. The van der Waals surface area contributed by atoms with Gasteiger partial charge in [0.2, 0.25) is 0 Å². The van der Waals surface area contributed by atoms with Gasteiger partial charge in [-0.05, 0) is 47.2 Å². The highest BCUT2D eigenvalue weighted by Gasteiger charge is 2.04. The van der Waals surface area contributed by atoms with E-state index in [1.807, 2.05) is 19.1 Å². The number of methoxy groups -OCH3 is 1. The molecule has 1 rings (SSSR count). The van der Waals surface area contributed by atoms with Gasteiger partial charge < -0.3 is 4.74 Å². The Bertz CT molecular complexity index is 273. The highest BCUT2D eigenvalue weighted by atomic mass is 127. The average Bonchev–Trinajstić information content (AvgIpc) is 1.96. The van der Waals surface area contributed by atoms with Crippen molar-refractivity contribution in [1.82, 2.24) is 0 Å². The zero-order valence-corrected chi connectivity index (χ0v) is 9.23. The van der Waals surface area contributed by atoms with E-state index in [2.05, 4.69) is 22.6 Å². The molecule has 3 heteroatoms. The minimum absolute atomic E-state index is 0.693. The van der Waals surface area contributed by atoms with Crippen LogP contribution in [0, 0.1) is 10.5 Å². The van der Waals surface area contributed by atoms with Crippen molar-refractivity contribution in [2.45, 2.75) is 6.92 Å². The van der Waals surface area contributed by atoms with Crippen molar-refractivity contribution in [2.75, 3.05) is 7.11 Å². The minimum atomic E-state index is 0.693. The van der Waals surface area contributed by atoms with E-state index in [4.69, 9.17) is 16.3 Å². The molecule has 1 aromatic carbocycles. The van der Waals surface area contributed by atoms with Gasteiger partial charge in [-0.2, -0.15) is 0 Å². The first-order valence-electron chi connectivity index (χ1n) is 3.15. The fraction of sp³-hybridized carbons (Fsp3) is 0.250. The van der Waals surface area contributed by atoms with E-state index in [1.54, 1.807) is 7.11 Å². The van der Waals surface area contributed by atoms with Crippen molar-refractivity contribution >= 4 is 34.2 Å². The highest BCUT2D eigenvalue weighted by Crippen LogP contribution is 2.30. The second kappa shape index (κ2) is 3.63. The molecular weight excluding hydrogens is 274 g/mol. The summed E-state index contributed by atoms with van der Waals surface area (Å²) in [6.45, 7) is 2.01. The number of hydrogen-bond donors (Lipinski definition) is 0. The Labute approximate surface area is 84.8 Å². The Hall–Kier alpha value is 0.0400. The van der Waals surface area contributed by atoms with Gasteiger partial charge in [-0.1, -0.05) is 11.6 Å². The molecule has 0 saturated heterocycles. The molecule has 0 aliphatic carbocycles. The predicted molar refractivity (Wildman–Crippen MR) is 55.5 cm³/mol. The zero-order chi connectivity index (χ0) is 8.43. The van der Waals surface area contributed by atoms with Crippen LogP contribution in [0.4, 0.5) is 0 Å². The third-order valence-corrected chi connectivity index (χ3v) is 2.92. The molecule has 0 aliphatic rings. The quantitative estimate of drug-likeness (QED) is 0.718. The Kier molecular flexibility index (Phi) is 3.01. The molecule has 0 atom stereocenters. The molecular formula is C8H8ClIO. The van der Waals surface area contributed by atoms with Gasteiger partial charge in [0, 0.05) is 3.57 Å². The zero-order valence-electron chi connectivity index (χ0n) is 6.32. The predicted octanol–water partition coefficient (Wildman–Crippen LogP) is 3.26. The Balaban J connectivity index is 3.24. The summed E-state index contributed by atoms with van der Waals surface area (Å²) in [6, 6.07) is 3.94. The lowest BCUT2D eigenvalue weighted by Gasteiger charge is -2.05. The fourth-order valence-corrected chi connectivity index (χ4v) is 1.78. The van der Waals surface area contributed by atoms with Crippen LogP contribution in [0.25, 0.3) is 0 Å². The molecule has 0 spiro atoms. The van der Waals surface area contributed by atoms with Crippen LogP contribution in [0.2, 0.25) is 5.02 Å². The average molecular weight is 283 g/mol. The SMILES string of the molecule is COc1cc(C)cc(I)c1Cl. The van der Waals surface area contributed by atoms with Gasteiger partial charge in [-0.3, -0.25) is 0 Å². The number of benzene rings is 1. The summed E-state index contributed by atoms with van der Waals surface area (Å²) in [5.74, 6) is 0.746. The summed E-state index contributed by atoms with van der Waals surface area (Å²) >= 11 is 8.12. The molecule has 0 aromatic heterocycles. The number of hydrogen-bond acceptors (Lipinski definition) is 1. The third-order valence-electron chi connectivity index (χ3n) is 1.36. The lowest BCUT2D eigenvalue weighted by Crippen LogP contribution is -1.87. The third kappa shape index (κ3) is 1.99. The van der Waals surface area contributed by atoms with Crippen LogP contribution < -0.4 is 4.74 Å². The van der Waals surface area contributed by atoms with Gasteiger partial charge >= 0.3 is 0 Å². The molecule has 0 saturated carbocycles. The maximum absolute atomic E-state index is 5.93. The number of rotatable bonds is 1. The van der Waals surface area contributed by atoms with Crippen LogP contribution in [-0.2, 0) is 0 Å². The molecule has 1 nitrogen and oxygen atoms in total. The number of aryl methyl sites for hydroxylation is 1. The van der Waals surface area contributed by atoms with Gasteiger partial charge in [0.15, 0.2) is 0 Å². The lowest BCUT2D eigenvalue weighted by atomic mass is 10.2. The van der Waals surface area contributed by atoms with Gasteiger partial charge in [0.05, 0.1) is 12.1 Å². The first-order chi connectivity index (χ1) is 5.15. The van der Waals surface area contributed by atoms with Crippen LogP contribution in [0.15, 0.2) is 12.1 Å². The summed E-state index contributed by atoms with van der Waals surface area (Å²) < 4.78 is 6.10. The van der Waals surface area contributed by atoms with E-state index in [1.165, 1.54) is 0 Å². The summed E-state index contributed by atoms with van der Waals surface area (Å²) in [6.07, 6.45) is 0. The maximum atomic E-state index is 5.93. The topological polar surface area (TPSA) is 9.23 Å². The Morgan fingerprint density at radius 2 is 2.09 bits per heavy atom. The van der Waals surface area contributed by atoms with Crippen LogP contribution in [0.5, 0.6) is 5.75 Å². The minimum Gasteiger partial charge on any atom is -0.495 e. The smallest absolute Gasteiger partial charge is 0.138 e. The second-order valence-electron chi connectivity index (χ2n) is 2.26. The van der Waals surface area contributed by atoms with Crippen molar-refractivity contribution in [1.29, 1.82) is 0 Å². The van der Waals surface area contributed by atoms with E-state index < -0.39 is 0 Å². The van der Waals surface area contributed by atoms with Crippen LogP contribution in [0.3, 0.4) is 0 Å². The molecule has 0 heterocycles. The molecule has 0 amide bonds. The Morgan fingerprint density at radius 3 is 2.64 bits per heavy atom. The van der Waals surface area contributed by atoms with Gasteiger partial charge in [-0.25, -0.2) is 0 Å². The molecule has 11 heavy (non-hydrogen) atoms. The van der Waals surface area contributed by atoms with Crippen molar-refractivity contribution in [2.24, 2.45) is 0 Å². The van der Waals surface area contributed by atoms with Gasteiger partial charge in [0.1, 0.15) is 5.75 Å². The first-order valence-corrected chi connectivity index (χ1v) is 4.60. The van der Waals surface area contributed by atoms with Crippen molar-refractivity contribution in [3.8, 4) is 5.75 Å². The van der Waals surface area contributed by atoms with E-state index >= 15 is 0 Å².